The maximum atomic E-state index is 14.6. The highest BCUT2D eigenvalue weighted by atomic mass is 32.2. The van der Waals surface area contributed by atoms with Crippen molar-refractivity contribution in [2.24, 2.45) is 5.10 Å². The average molecular weight is 474 g/mol. The molecule has 0 aromatic heterocycles. The van der Waals surface area contributed by atoms with Gasteiger partial charge in [-0.05, 0) is 35.9 Å². The van der Waals surface area contributed by atoms with Crippen molar-refractivity contribution in [2.45, 2.75) is 17.4 Å². The van der Waals surface area contributed by atoms with E-state index in [1.165, 1.54) is 18.2 Å². The second kappa shape index (κ2) is 8.36. The van der Waals surface area contributed by atoms with Crippen molar-refractivity contribution >= 4 is 31.4 Å². The number of hydrogen-bond acceptors (Lipinski definition) is 5. The number of rotatable bonds is 6. The van der Waals surface area contributed by atoms with Crippen LogP contribution in [0, 0.1) is 5.82 Å². The van der Waals surface area contributed by atoms with Gasteiger partial charge in [-0.15, -0.1) is 0 Å². The first-order valence-electron chi connectivity index (χ1n) is 9.65. The molecule has 4 rings (SSSR count). The molecule has 3 aromatic carbocycles. The van der Waals surface area contributed by atoms with Gasteiger partial charge in [0.05, 0.1) is 22.9 Å². The van der Waals surface area contributed by atoms with Gasteiger partial charge < -0.3 is 0 Å². The van der Waals surface area contributed by atoms with Crippen LogP contribution in [0.15, 0.2) is 88.9 Å². The standard InChI is InChI=1S/C22H20FN3O4S2/c1-31(27,28)25-17-13-11-16(12-14-17)21-15-22(19-9-5-6-10-20(19)23)26(24-21)32(29,30)18-7-3-2-4-8-18/h2-14,22,25H,15H2,1H3. The van der Waals surface area contributed by atoms with Crippen LogP contribution < -0.4 is 4.72 Å². The Balaban J connectivity index is 1.75. The third-order valence-corrected chi connectivity index (χ3v) is 7.25. The van der Waals surface area contributed by atoms with E-state index in [0.29, 0.717) is 17.0 Å². The van der Waals surface area contributed by atoms with E-state index in [1.54, 1.807) is 60.7 Å². The molecule has 0 saturated heterocycles. The summed E-state index contributed by atoms with van der Waals surface area (Å²) in [4.78, 5) is 0.0547. The Kier molecular flexibility index (Phi) is 5.74. The largest absolute Gasteiger partial charge is 0.284 e. The molecule has 0 aliphatic carbocycles. The van der Waals surface area contributed by atoms with E-state index in [4.69, 9.17) is 0 Å². The Bertz CT molecular complexity index is 1370. The van der Waals surface area contributed by atoms with Crippen molar-refractivity contribution in [2.75, 3.05) is 11.0 Å². The summed E-state index contributed by atoms with van der Waals surface area (Å²) in [6.45, 7) is 0. The van der Waals surface area contributed by atoms with Gasteiger partial charge >= 0.3 is 0 Å². The molecule has 0 fully saturated rings. The van der Waals surface area contributed by atoms with Crippen molar-refractivity contribution in [1.82, 2.24) is 4.41 Å². The minimum atomic E-state index is -4.04. The van der Waals surface area contributed by atoms with Gasteiger partial charge in [0.15, 0.2) is 0 Å². The normalized spacial score (nSPS) is 16.6. The highest BCUT2D eigenvalue weighted by Crippen LogP contribution is 2.38. The summed E-state index contributed by atoms with van der Waals surface area (Å²) in [6.07, 6.45) is 1.21. The molecule has 166 valence electrons. The lowest BCUT2D eigenvalue weighted by Crippen LogP contribution is -2.27. The first-order chi connectivity index (χ1) is 15.1. The van der Waals surface area contributed by atoms with Crippen LogP contribution in [0.25, 0.3) is 0 Å². The Labute approximate surface area is 186 Å². The molecule has 1 N–H and O–H groups in total. The SMILES string of the molecule is CS(=O)(=O)Nc1ccc(C2=NN(S(=O)(=O)c3ccccc3)C(c3ccccc3F)C2)cc1. The van der Waals surface area contributed by atoms with Gasteiger partial charge in [-0.25, -0.2) is 12.8 Å². The summed E-state index contributed by atoms with van der Waals surface area (Å²) < 4.78 is 67.4. The molecule has 32 heavy (non-hydrogen) atoms. The number of anilines is 1. The molecule has 7 nitrogen and oxygen atoms in total. The molecule has 1 aliphatic heterocycles. The Morgan fingerprint density at radius 1 is 0.906 bits per heavy atom. The minimum Gasteiger partial charge on any atom is -0.284 e. The van der Waals surface area contributed by atoms with Gasteiger partial charge in [0, 0.05) is 17.7 Å². The van der Waals surface area contributed by atoms with Gasteiger partial charge in [-0.2, -0.15) is 17.9 Å². The molecule has 0 amide bonds. The first kappa shape index (κ1) is 22.0. The van der Waals surface area contributed by atoms with Crippen molar-refractivity contribution in [1.29, 1.82) is 0 Å². The van der Waals surface area contributed by atoms with Crippen LogP contribution in [0.4, 0.5) is 10.1 Å². The predicted molar refractivity (Wildman–Crippen MR) is 121 cm³/mol. The van der Waals surface area contributed by atoms with Gasteiger partial charge in [-0.1, -0.05) is 48.5 Å². The lowest BCUT2D eigenvalue weighted by Gasteiger charge is -2.23. The number of sulfonamides is 2. The Hall–Kier alpha value is -3.24. The first-order valence-corrected chi connectivity index (χ1v) is 13.0. The second-order valence-corrected chi connectivity index (χ2v) is 10.9. The summed E-state index contributed by atoms with van der Waals surface area (Å²) in [6, 6.07) is 19.4. The molecular formula is C22H20FN3O4S2. The zero-order chi connectivity index (χ0) is 22.9. The third kappa shape index (κ3) is 4.51. The van der Waals surface area contributed by atoms with Gasteiger partial charge in [0.25, 0.3) is 10.0 Å². The molecule has 1 unspecified atom stereocenters. The van der Waals surface area contributed by atoms with Crippen LogP contribution in [0.2, 0.25) is 0 Å². The zero-order valence-electron chi connectivity index (χ0n) is 17.0. The molecule has 3 aromatic rings. The number of nitrogens with one attached hydrogen (secondary N) is 1. The van der Waals surface area contributed by atoms with Crippen LogP contribution in [0.5, 0.6) is 0 Å². The van der Waals surface area contributed by atoms with Crippen LogP contribution >= 0.6 is 0 Å². The molecule has 1 heterocycles. The maximum Gasteiger partial charge on any atom is 0.279 e. The number of halogens is 1. The van der Waals surface area contributed by atoms with Gasteiger partial charge in [0.1, 0.15) is 5.82 Å². The maximum absolute atomic E-state index is 14.6. The van der Waals surface area contributed by atoms with E-state index in [0.717, 1.165) is 10.7 Å². The minimum absolute atomic E-state index is 0.0547. The smallest absolute Gasteiger partial charge is 0.279 e. The van der Waals surface area contributed by atoms with Gasteiger partial charge in [-0.3, -0.25) is 4.72 Å². The second-order valence-electron chi connectivity index (χ2n) is 7.33. The molecule has 0 bridgehead atoms. The molecule has 0 saturated carbocycles. The van der Waals surface area contributed by atoms with E-state index in [-0.39, 0.29) is 16.9 Å². The van der Waals surface area contributed by atoms with Crippen LogP contribution in [-0.2, 0) is 20.0 Å². The van der Waals surface area contributed by atoms with E-state index >= 15 is 0 Å². The fourth-order valence-corrected chi connectivity index (χ4v) is 5.52. The van der Waals surface area contributed by atoms with Crippen LogP contribution in [-0.4, -0.2) is 33.2 Å². The topological polar surface area (TPSA) is 95.9 Å². The lowest BCUT2D eigenvalue weighted by atomic mass is 9.99. The summed E-state index contributed by atoms with van der Waals surface area (Å²) in [5, 5.41) is 4.37. The van der Waals surface area contributed by atoms with E-state index < -0.39 is 31.9 Å². The number of nitrogens with zero attached hydrogens (tertiary/aromatic N) is 2. The summed E-state index contributed by atoms with van der Waals surface area (Å²) >= 11 is 0. The van der Waals surface area contributed by atoms with Crippen molar-refractivity contribution in [3.8, 4) is 0 Å². The Morgan fingerprint density at radius 3 is 2.16 bits per heavy atom. The summed E-state index contributed by atoms with van der Waals surface area (Å²) in [5.74, 6) is -0.519. The fourth-order valence-electron chi connectivity index (χ4n) is 3.51. The van der Waals surface area contributed by atoms with Crippen molar-refractivity contribution in [3.63, 3.8) is 0 Å². The van der Waals surface area contributed by atoms with Crippen molar-refractivity contribution in [3.05, 3.63) is 95.8 Å². The third-order valence-electron chi connectivity index (χ3n) is 4.95. The highest BCUT2D eigenvalue weighted by Gasteiger charge is 2.38. The van der Waals surface area contributed by atoms with Crippen molar-refractivity contribution < 1.29 is 21.2 Å². The summed E-state index contributed by atoms with van der Waals surface area (Å²) in [5.41, 5.74) is 1.65. The average Bonchev–Trinajstić information content (AvgIpc) is 3.20. The molecule has 0 radical (unpaired) electrons. The highest BCUT2D eigenvalue weighted by molar-refractivity contribution is 7.92. The van der Waals surface area contributed by atoms with Crippen LogP contribution in [0.1, 0.15) is 23.6 Å². The monoisotopic (exact) mass is 473 g/mol. The van der Waals surface area contributed by atoms with Gasteiger partial charge in [0.2, 0.25) is 10.0 Å². The predicted octanol–water partition coefficient (Wildman–Crippen LogP) is 3.74. The van der Waals surface area contributed by atoms with Crippen LogP contribution in [0.3, 0.4) is 0 Å². The zero-order valence-corrected chi connectivity index (χ0v) is 18.6. The van der Waals surface area contributed by atoms with E-state index in [9.17, 15) is 21.2 Å². The number of hydrazone groups is 1. The molecular weight excluding hydrogens is 453 g/mol. The summed E-state index contributed by atoms with van der Waals surface area (Å²) in [7, 11) is -7.47. The quantitative estimate of drug-likeness (QED) is 0.590. The fraction of sp³-hybridized carbons (Fsp3) is 0.136. The Morgan fingerprint density at radius 2 is 1.53 bits per heavy atom. The number of hydrogen-bond donors (Lipinski definition) is 1. The lowest BCUT2D eigenvalue weighted by molar-refractivity contribution is 0.362. The van der Waals surface area contributed by atoms with E-state index in [1.807, 2.05) is 0 Å². The molecule has 1 atom stereocenters. The van der Waals surface area contributed by atoms with E-state index in [2.05, 4.69) is 9.82 Å². The molecule has 0 spiro atoms. The molecule has 1 aliphatic rings. The molecule has 10 heteroatoms. The number of benzene rings is 3.